The summed E-state index contributed by atoms with van der Waals surface area (Å²) >= 11 is 0. The maximum absolute atomic E-state index is 12.3. The smallest absolute Gasteiger partial charge is 0.395 e. The van der Waals surface area contributed by atoms with Crippen molar-refractivity contribution in [1.29, 1.82) is 0 Å². The third-order valence-electron chi connectivity index (χ3n) is 4.05. The quantitative estimate of drug-likeness (QED) is 0.274. The molecule has 2 aromatic carbocycles. The molecule has 0 aliphatic heterocycles. The fourth-order valence-corrected chi connectivity index (χ4v) is 2.51. The molecule has 1 atom stereocenters. The Bertz CT molecular complexity index is 757. The predicted octanol–water partition coefficient (Wildman–Crippen LogP) is 4.50. The largest absolute Gasteiger partial charge is 0.447 e. The van der Waals surface area contributed by atoms with Gasteiger partial charge in [-0.3, -0.25) is 0 Å². The number of hydrogen-bond acceptors (Lipinski definition) is 6. The summed E-state index contributed by atoms with van der Waals surface area (Å²) in [5, 5.41) is 0. The summed E-state index contributed by atoms with van der Waals surface area (Å²) in [7, 11) is 0. The highest BCUT2D eigenvalue weighted by molar-refractivity contribution is 5.92. The van der Waals surface area contributed by atoms with Crippen LogP contribution in [0.5, 0.6) is 0 Å². The zero-order valence-electron chi connectivity index (χ0n) is 15.8. The molecule has 0 fully saturated rings. The average Bonchev–Trinajstić information content (AvgIpc) is 2.75. The van der Waals surface area contributed by atoms with Crippen LogP contribution < -0.4 is 0 Å². The van der Waals surface area contributed by atoms with Gasteiger partial charge in [0.25, 0.3) is 0 Å². The fourth-order valence-electron chi connectivity index (χ4n) is 2.51. The first-order valence-electron chi connectivity index (χ1n) is 9.35. The van der Waals surface area contributed by atoms with Crippen LogP contribution in [-0.2, 0) is 19.3 Å². The van der Waals surface area contributed by atoms with E-state index in [9.17, 15) is 14.4 Å². The molecule has 2 aromatic rings. The number of ether oxygens (including phenoxy) is 1. The SMILES string of the molecule is CCCCCCC(OC(=O)c1ccccc1)C(=O)OOC(=O)c1ccccc1. The number of benzene rings is 2. The first-order valence-corrected chi connectivity index (χ1v) is 9.35. The van der Waals surface area contributed by atoms with Crippen LogP contribution in [-0.4, -0.2) is 24.0 Å². The summed E-state index contributed by atoms with van der Waals surface area (Å²) in [5.41, 5.74) is 0.575. The third-order valence-corrected chi connectivity index (χ3v) is 4.05. The van der Waals surface area contributed by atoms with E-state index in [0.717, 1.165) is 19.3 Å². The van der Waals surface area contributed by atoms with E-state index in [1.807, 2.05) is 0 Å². The van der Waals surface area contributed by atoms with Crippen molar-refractivity contribution in [2.75, 3.05) is 0 Å². The van der Waals surface area contributed by atoms with E-state index in [1.165, 1.54) is 12.1 Å². The van der Waals surface area contributed by atoms with Crippen molar-refractivity contribution >= 4 is 17.9 Å². The zero-order chi connectivity index (χ0) is 20.2. The van der Waals surface area contributed by atoms with Gasteiger partial charge in [0.05, 0.1) is 11.1 Å². The first kappa shape index (κ1) is 21.2. The summed E-state index contributed by atoms with van der Waals surface area (Å²) in [6.45, 7) is 2.07. The van der Waals surface area contributed by atoms with E-state index in [0.29, 0.717) is 18.4 Å². The average molecular weight is 384 g/mol. The lowest BCUT2D eigenvalue weighted by Gasteiger charge is -2.15. The number of unbranched alkanes of at least 4 members (excludes halogenated alkanes) is 3. The van der Waals surface area contributed by atoms with Gasteiger partial charge in [-0.05, 0) is 37.1 Å². The second-order valence-electron chi connectivity index (χ2n) is 6.25. The van der Waals surface area contributed by atoms with Crippen molar-refractivity contribution in [3.05, 3.63) is 71.8 Å². The second-order valence-corrected chi connectivity index (χ2v) is 6.25. The topological polar surface area (TPSA) is 78.9 Å². The van der Waals surface area contributed by atoms with Gasteiger partial charge in [-0.15, -0.1) is 0 Å². The highest BCUT2D eigenvalue weighted by atomic mass is 17.2. The lowest BCUT2D eigenvalue weighted by molar-refractivity contribution is -0.241. The van der Waals surface area contributed by atoms with Crippen LogP contribution in [0.25, 0.3) is 0 Å². The van der Waals surface area contributed by atoms with Crippen LogP contribution in [0.1, 0.15) is 59.7 Å². The van der Waals surface area contributed by atoms with Gasteiger partial charge in [0.1, 0.15) is 0 Å². The van der Waals surface area contributed by atoms with Gasteiger partial charge < -0.3 is 4.74 Å². The van der Waals surface area contributed by atoms with Gasteiger partial charge in [-0.2, -0.15) is 0 Å². The molecule has 0 heterocycles. The maximum Gasteiger partial charge on any atom is 0.395 e. The van der Waals surface area contributed by atoms with Crippen LogP contribution in [0.15, 0.2) is 60.7 Å². The van der Waals surface area contributed by atoms with Gasteiger partial charge >= 0.3 is 17.9 Å². The second kappa shape index (κ2) is 11.5. The minimum Gasteiger partial charge on any atom is -0.447 e. The molecule has 0 radical (unpaired) electrons. The molecule has 0 amide bonds. The minimum absolute atomic E-state index is 0.246. The van der Waals surface area contributed by atoms with Crippen molar-refractivity contribution in [3.8, 4) is 0 Å². The molecule has 2 rings (SSSR count). The summed E-state index contributed by atoms with van der Waals surface area (Å²) in [6.07, 6.45) is 2.77. The molecule has 148 valence electrons. The number of hydrogen-bond donors (Lipinski definition) is 0. The molecule has 28 heavy (non-hydrogen) atoms. The Labute approximate surface area is 164 Å². The van der Waals surface area contributed by atoms with Crippen molar-refractivity contribution in [2.24, 2.45) is 0 Å². The van der Waals surface area contributed by atoms with E-state index in [-0.39, 0.29) is 5.56 Å². The van der Waals surface area contributed by atoms with Crippen molar-refractivity contribution < 1.29 is 28.9 Å². The van der Waals surface area contributed by atoms with E-state index in [2.05, 4.69) is 16.7 Å². The standard InChI is InChI=1S/C22H24O6/c1-2-3-4-11-16-19(26-20(23)17-12-7-5-8-13-17)22(25)28-27-21(24)18-14-9-6-10-15-18/h5-10,12-15,19H,2-4,11,16H2,1H3. The Kier molecular flexibility index (Phi) is 8.72. The highest BCUT2D eigenvalue weighted by Gasteiger charge is 2.27. The molecular weight excluding hydrogens is 360 g/mol. The number of carbonyl (C=O) groups is 3. The minimum atomic E-state index is -1.15. The van der Waals surface area contributed by atoms with Crippen molar-refractivity contribution in [3.63, 3.8) is 0 Å². The summed E-state index contributed by atoms with van der Waals surface area (Å²) in [6, 6.07) is 16.5. The highest BCUT2D eigenvalue weighted by Crippen LogP contribution is 2.13. The Morgan fingerprint density at radius 1 is 0.750 bits per heavy atom. The molecular formula is C22H24O6. The van der Waals surface area contributed by atoms with E-state index < -0.39 is 24.0 Å². The molecule has 0 saturated heterocycles. The van der Waals surface area contributed by atoms with Crippen LogP contribution in [0, 0.1) is 0 Å². The molecule has 0 aromatic heterocycles. The predicted molar refractivity (Wildman–Crippen MR) is 102 cm³/mol. The lowest BCUT2D eigenvalue weighted by Crippen LogP contribution is -2.30. The third kappa shape index (κ3) is 6.87. The molecule has 6 nitrogen and oxygen atoms in total. The molecule has 0 bridgehead atoms. The van der Waals surface area contributed by atoms with Crippen LogP contribution in [0.2, 0.25) is 0 Å². The van der Waals surface area contributed by atoms with Gasteiger partial charge in [0.15, 0.2) is 0 Å². The van der Waals surface area contributed by atoms with E-state index in [4.69, 9.17) is 4.74 Å². The van der Waals surface area contributed by atoms with E-state index in [1.54, 1.807) is 48.5 Å². The fraction of sp³-hybridized carbons (Fsp3) is 0.318. The number of carbonyl (C=O) groups excluding carboxylic acids is 3. The van der Waals surface area contributed by atoms with Gasteiger partial charge in [0.2, 0.25) is 6.10 Å². The van der Waals surface area contributed by atoms with Crippen LogP contribution in [0.3, 0.4) is 0 Å². The van der Waals surface area contributed by atoms with E-state index >= 15 is 0 Å². The van der Waals surface area contributed by atoms with Crippen molar-refractivity contribution in [1.82, 2.24) is 0 Å². The summed E-state index contributed by atoms with van der Waals surface area (Å²) in [5.74, 6) is -2.34. The number of esters is 1. The lowest BCUT2D eigenvalue weighted by atomic mass is 10.1. The molecule has 0 spiro atoms. The Morgan fingerprint density at radius 3 is 1.89 bits per heavy atom. The Morgan fingerprint density at radius 2 is 1.32 bits per heavy atom. The van der Waals surface area contributed by atoms with Crippen LogP contribution >= 0.6 is 0 Å². The van der Waals surface area contributed by atoms with Crippen LogP contribution in [0.4, 0.5) is 0 Å². The maximum atomic E-state index is 12.3. The molecule has 0 aliphatic carbocycles. The Hall–Kier alpha value is -3.15. The van der Waals surface area contributed by atoms with Gasteiger partial charge in [-0.1, -0.05) is 62.6 Å². The molecule has 6 heteroatoms. The van der Waals surface area contributed by atoms with Gasteiger partial charge in [0, 0.05) is 0 Å². The molecule has 0 aliphatic rings. The van der Waals surface area contributed by atoms with Crippen molar-refractivity contribution in [2.45, 2.75) is 45.1 Å². The van der Waals surface area contributed by atoms with Gasteiger partial charge in [-0.25, -0.2) is 24.2 Å². The molecule has 0 N–H and O–H groups in total. The summed E-state index contributed by atoms with van der Waals surface area (Å²) in [4.78, 5) is 45.8. The molecule has 1 unspecified atom stereocenters. The summed E-state index contributed by atoms with van der Waals surface area (Å²) < 4.78 is 5.31. The zero-order valence-corrected chi connectivity index (χ0v) is 15.8. The monoisotopic (exact) mass is 384 g/mol. The molecule has 0 saturated carbocycles. The normalized spacial score (nSPS) is 11.3. The Balaban J connectivity index is 1.95. The first-order chi connectivity index (χ1) is 13.6. The number of rotatable bonds is 9.